The Bertz CT molecular complexity index is 161. The van der Waals surface area contributed by atoms with Gasteiger partial charge in [-0.15, -0.1) is 0 Å². The van der Waals surface area contributed by atoms with E-state index in [1.54, 1.807) is 0 Å². The molecule has 0 radical (unpaired) electrons. The van der Waals surface area contributed by atoms with Crippen LogP contribution in [0.25, 0.3) is 0 Å². The quantitative estimate of drug-likeness (QED) is 0.619. The zero-order chi connectivity index (χ0) is 10.2. The van der Waals surface area contributed by atoms with Gasteiger partial charge < -0.3 is 5.32 Å². The van der Waals surface area contributed by atoms with E-state index in [9.17, 15) is 4.39 Å². The molecule has 0 aromatic carbocycles. The van der Waals surface area contributed by atoms with E-state index in [4.69, 9.17) is 5.26 Å². The standard InChI is InChI=1S/C10H19FN2/c1-10(2,5-3-7-12)9-13-8-4-6-11/h13H,3-6,8-9H2,1-2H3. The van der Waals surface area contributed by atoms with Crippen LogP contribution in [0, 0.1) is 16.7 Å². The highest BCUT2D eigenvalue weighted by molar-refractivity contribution is 4.78. The first-order valence-electron chi connectivity index (χ1n) is 4.76. The molecule has 0 saturated heterocycles. The van der Waals surface area contributed by atoms with Gasteiger partial charge in [0.1, 0.15) is 0 Å². The molecule has 3 heteroatoms. The first-order valence-corrected chi connectivity index (χ1v) is 4.76. The lowest BCUT2D eigenvalue weighted by Gasteiger charge is -2.23. The first-order chi connectivity index (χ1) is 6.12. The van der Waals surface area contributed by atoms with Gasteiger partial charge in [0, 0.05) is 13.0 Å². The highest BCUT2D eigenvalue weighted by Gasteiger charge is 2.16. The molecule has 0 aromatic heterocycles. The minimum atomic E-state index is -0.258. The van der Waals surface area contributed by atoms with Gasteiger partial charge in [0.2, 0.25) is 0 Å². The predicted molar refractivity (Wildman–Crippen MR) is 52.1 cm³/mol. The van der Waals surface area contributed by atoms with Crippen molar-refractivity contribution in [1.29, 1.82) is 5.26 Å². The topological polar surface area (TPSA) is 35.8 Å². The molecule has 0 aliphatic rings. The average molecular weight is 186 g/mol. The second kappa shape index (κ2) is 6.85. The summed E-state index contributed by atoms with van der Waals surface area (Å²) in [6.45, 7) is 5.56. The van der Waals surface area contributed by atoms with Crippen molar-refractivity contribution < 1.29 is 4.39 Å². The Morgan fingerprint density at radius 1 is 1.46 bits per heavy atom. The van der Waals surface area contributed by atoms with Crippen LogP contribution < -0.4 is 5.32 Å². The first kappa shape index (κ1) is 12.4. The Hall–Kier alpha value is -0.620. The number of nitrogens with one attached hydrogen (secondary N) is 1. The summed E-state index contributed by atoms with van der Waals surface area (Å²) in [7, 11) is 0. The molecule has 0 heterocycles. The van der Waals surface area contributed by atoms with Crippen molar-refractivity contribution in [3.05, 3.63) is 0 Å². The van der Waals surface area contributed by atoms with Crippen molar-refractivity contribution in [1.82, 2.24) is 5.32 Å². The number of rotatable bonds is 7. The molecule has 0 fully saturated rings. The van der Waals surface area contributed by atoms with E-state index in [0.29, 0.717) is 12.8 Å². The number of nitriles is 1. The van der Waals surface area contributed by atoms with Crippen LogP contribution in [0.15, 0.2) is 0 Å². The average Bonchev–Trinajstić information content (AvgIpc) is 2.09. The zero-order valence-corrected chi connectivity index (χ0v) is 8.57. The van der Waals surface area contributed by atoms with E-state index >= 15 is 0 Å². The predicted octanol–water partition coefficient (Wildman–Crippen LogP) is 2.27. The van der Waals surface area contributed by atoms with Gasteiger partial charge in [-0.1, -0.05) is 13.8 Å². The molecule has 0 rings (SSSR count). The molecular weight excluding hydrogens is 167 g/mol. The molecular formula is C10H19FN2. The maximum atomic E-state index is 11.7. The number of nitrogens with zero attached hydrogens (tertiary/aromatic N) is 1. The summed E-state index contributed by atoms with van der Waals surface area (Å²) >= 11 is 0. The number of hydrogen-bond acceptors (Lipinski definition) is 2. The van der Waals surface area contributed by atoms with Crippen LogP contribution in [-0.4, -0.2) is 19.8 Å². The largest absolute Gasteiger partial charge is 0.316 e. The van der Waals surface area contributed by atoms with Crippen LogP contribution in [0.5, 0.6) is 0 Å². The van der Waals surface area contributed by atoms with Crippen LogP contribution in [0.1, 0.15) is 33.1 Å². The summed E-state index contributed by atoms with van der Waals surface area (Å²) in [5.74, 6) is 0. The number of hydrogen-bond donors (Lipinski definition) is 1. The smallest absolute Gasteiger partial charge is 0.0906 e. The van der Waals surface area contributed by atoms with Gasteiger partial charge >= 0.3 is 0 Å². The Morgan fingerprint density at radius 2 is 2.15 bits per heavy atom. The van der Waals surface area contributed by atoms with Crippen molar-refractivity contribution in [2.75, 3.05) is 19.8 Å². The molecule has 76 valence electrons. The molecule has 13 heavy (non-hydrogen) atoms. The molecule has 0 saturated carbocycles. The van der Waals surface area contributed by atoms with Gasteiger partial charge in [0.15, 0.2) is 0 Å². The highest BCUT2D eigenvalue weighted by atomic mass is 19.1. The summed E-state index contributed by atoms with van der Waals surface area (Å²) < 4.78 is 11.7. The maximum absolute atomic E-state index is 11.7. The van der Waals surface area contributed by atoms with Crippen molar-refractivity contribution in [3.63, 3.8) is 0 Å². The van der Waals surface area contributed by atoms with Crippen LogP contribution in [-0.2, 0) is 0 Å². The Balaban J connectivity index is 3.45. The molecule has 0 aliphatic carbocycles. The van der Waals surface area contributed by atoms with Crippen LogP contribution >= 0.6 is 0 Å². The fourth-order valence-electron chi connectivity index (χ4n) is 1.10. The molecule has 0 amide bonds. The van der Waals surface area contributed by atoms with Gasteiger partial charge in [-0.2, -0.15) is 5.26 Å². The SMILES string of the molecule is CC(C)(CCC#N)CNCCCF. The lowest BCUT2D eigenvalue weighted by Crippen LogP contribution is -2.30. The number of alkyl halides is 1. The summed E-state index contributed by atoms with van der Waals surface area (Å²) in [6.07, 6.45) is 2.07. The maximum Gasteiger partial charge on any atom is 0.0906 e. The lowest BCUT2D eigenvalue weighted by atomic mass is 9.88. The lowest BCUT2D eigenvalue weighted by molar-refractivity contribution is 0.314. The molecule has 0 aliphatic heterocycles. The molecule has 0 aromatic rings. The second-order valence-corrected chi connectivity index (χ2v) is 4.04. The van der Waals surface area contributed by atoms with Crippen LogP contribution in [0.2, 0.25) is 0 Å². The van der Waals surface area contributed by atoms with Crippen molar-refractivity contribution in [2.45, 2.75) is 33.1 Å². The molecule has 0 unspecified atom stereocenters. The van der Waals surface area contributed by atoms with E-state index < -0.39 is 0 Å². The highest BCUT2D eigenvalue weighted by Crippen LogP contribution is 2.20. The third kappa shape index (κ3) is 7.73. The normalized spacial score (nSPS) is 11.2. The summed E-state index contributed by atoms with van der Waals surface area (Å²) in [5.41, 5.74) is 0.145. The third-order valence-electron chi connectivity index (χ3n) is 2.00. The van der Waals surface area contributed by atoms with Crippen LogP contribution in [0.4, 0.5) is 4.39 Å². The Kier molecular flexibility index (Phi) is 6.52. The van der Waals surface area contributed by atoms with Gasteiger partial charge in [0.25, 0.3) is 0 Å². The molecule has 0 atom stereocenters. The van der Waals surface area contributed by atoms with E-state index in [2.05, 4.69) is 25.2 Å². The Morgan fingerprint density at radius 3 is 2.69 bits per heavy atom. The summed E-state index contributed by atoms with van der Waals surface area (Å²) in [6, 6.07) is 2.14. The van der Waals surface area contributed by atoms with E-state index in [1.165, 1.54) is 0 Å². The van der Waals surface area contributed by atoms with Gasteiger partial charge in [-0.25, -0.2) is 0 Å². The fourth-order valence-corrected chi connectivity index (χ4v) is 1.10. The van der Waals surface area contributed by atoms with Gasteiger partial charge in [-0.3, -0.25) is 4.39 Å². The summed E-state index contributed by atoms with van der Waals surface area (Å²) in [5, 5.41) is 11.6. The van der Waals surface area contributed by atoms with E-state index in [0.717, 1.165) is 19.5 Å². The fraction of sp³-hybridized carbons (Fsp3) is 0.900. The van der Waals surface area contributed by atoms with Crippen molar-refractivity contribution >= 4 is 0 Å². The minimum absolute atomic E-state index is 0.145. The van der Waals surface area contributed by atoms with Gasteiger partial charge in [0.05, 0.1) is 12.7 Å². The third-order valence-corrected chi connectivity index (χ3v) is 2.00. The monoisotopic (exact) mass is 186 g/mol. The minimum Gasteiger partial charge on any atom is -0.316 e. The van der Waals surface area contributed by atoms with Crippen molar-refractivity contribution in [2.24, 2.45) is 5.41 Å². The molecule has 0 spiro atoms. The second-order valence-electron chi connectivity index (χ2n) is 4.04. The van der Waals surface area contributed by atoms with Gasteiger partial charge in [-0.05, 0) is 24.8 Å². The van der Waals surface area contributed by atoms with Crippen LogP contribution in [0.3, 0.4) is 0 Å². The van der Waals surface area contributed by atoms with E-state index in [-0.39, 0.29) is 12.1 Å². The molecule has 1 N–H and O–H groups in total. The van der Waals surface area contributed by atoms with E-state index in [1.807, 2.05) is 0 Å². The molecule has 2 nitrogen and oxygen atoms in total. The molecule has 0 bridgehead atoms. The zero-order valence-electron chi connectivity index (χ0n) is 8.57. The Labute approximate surface area is 80.1 Å². The number of halogens is 1. The summed E-state index contributed by atoms with van der Waals surface area (Å²) in [4.78, 5) is 0. The van der Waals surface area contributed by atoms with Crippen molar-refractivity contribution in [3.8, 4) is 6.07 Å².